The number of ether oxygens (including phenoxy) is 2. The van der Waals surface area contributed by atoms with Gasteiger partial charge in [-0.2, -0.15) is 0 Å². The Morgan fingerprint density at radius 3 is 2.26 bits per heavy atom. The second-order valence-electron chi connectivity index (χ2n) is 14.7. The molecule has 2 heterocycles. The van der Waals surface area contributed by atoms with Crippen molar-refractivity contribution in [2.45, 2.75) is 67.3 Å². The number of rotatable bonds is 12. The van der Waals surface area contributed by atoms with E-state index in [1.807, 2.05) is 71.1 Å². The summed E-state index contributed by atoms with van der Waals surface area (Å²) in [6.07, 6.45) is -0.395. The molecule has 13 nitrogen and oxygen atoms in total. The predicted octanol–water partition coefficient (Wildman–Crippen LogP) is 4.85. The zero-order valence-corrected chi connectivity index (χ0v) is 32.6. The van der Waals surface area contributed by atoms with Crippen molar-refractivity contribution in [3.8, 4) is 22.8 Å². The second kappa shape index (κ2) is 15.8. The van der Waals surface area contributed by atoms with Crippen molar-refractivity contribution < 1.29 is 38.9 Å². The Kier molecular flexibility index (Phi) is 11.3. The number of amides is 4. The van der Waals surface area contributed by atoms with E-state index in [9.17, 15) is 29.4 Å². The number of aliphatic hydroxyl groups excluding tert-OH is 1. The Morgan fingerprint density at radius 2 is 1.67 bits per heavy atom. The number of carbonyl (C=O) groups excluding carboxylic acids is 3. The number of halogens is 1. The highest BCUT2D eigenvalue weighted by atomic mass is 127. The Bertz CT molecular complexity index is 2030. The number of fused-ring (bicyclic) bond motifs is 1. The van der Waals surface area contributed by atoms with E-state index in [0.29, 0.717) is 33.7 Å². The van der Waals surface area contributed by atoms with Crippen LogP contribution in [0.2, 0.25) is 0 Å². The SMILES string of the molecule is COc1ccc2c(O[C@@H]3C[C@@H](C(=O)N[C@]4(C(=O)O)C[C@H]4I)N(C(=O)N[C@H](C(=O)N[C@H](CO)c4ccccc4)C(C)(C)C)C3)cc(-c3ccccc3)nc2c1. The van der Waals surface area contributed by atoms with Gasteiger partial charge in [0, 0.05) is 33.4 Å². The van der Waals surface area contributed by atoms with Crippen LogP contribution < -0.4 is 25.4 Å². The molecule has 284 valence electrons. The van der Waals surface area contributed by atoms with Crippen LogP contribution in [0.5, 0.6) is 11.5 Å². The van der Waals surface area contributed by atoms with Gasteiger partial charge in [0.2, 0.25) is 11.8 Å². The molecule has 0 bridgehead atoms. The Balaban J connectivity index is 1.30. The van der Waals surface area contributed by atoms with Gasteiger partial charge in [-0.25, -0.2) is 14.6 Å². The number of urea groups is 1. The molecule has 1 aliphatic heterocycles. The lowest BCUT2D eigenvalue weighted by Gasteiger charge is -2.34. The average Bonchev–Trinajstić information content (AvgIpc) is 3.62. The summed E-state index contributed by atoms with van der Waals surface area (Å²) in [4.78, 5) is 60.4. The van der Waals surface area contributed by atoms with Crippen LogP contribution in [-0.2, 0) is 14.4 Å². The first-order valence-electron chi connectivity index (χ1n) is 17.7. The summed E-state index contributed by atoms with van der Waals surface area (Å²) in [5, 5.41) is 29.2. The Morgan fingerprint density at radius 1 is 1.00 bits per heavy atom. The van der Waals surface area contributed by atoms with E-state index in [1.54, 1.807) is 64.3 Å². The van der Waals surface area contributed by atoms with Crippen LogP contribution in [0.1, 0.15) is 45.2 Å². The summed E-state index contributed by atoms with van der Waals surface area (Å²) in [6.45, 7) is 4.99. The van der Waals surface area contributed by atoms with Gasteiger partial charge in [0.15, 0.2) is 5.54 Å². The molecule has 5 N–H and O–H groups in total. The molecule has 4 amide bonds. The highest BCUT2D eigenvalue weighted by molar-refractivity contribution is 14.1. The van der Waals surface area contributed by atoms with Gasteiger partial charge >= 0.3 is 12.0 Å². The summed E-state index contributed by atoms with van der Waals surface area (Å²) in [5.41, 5.74) is 0.596. The maximum atomic E-state index is 14.3. The van der Waals surface area contributed by atoms with Crippen LogP contribution in [0.3, 0.4) is 0 Å². The number of methoxy groups -OCH3 is 1. The summed E-state index contributed by atoms with van der Waals surface area (Å²) in [5.74, 6) is -1.21. The second-order valence-corrected chi connectivity index (χ2v) is 16.2. The minimum Gasteiger partial charge on any atom is -0.497 e. The number of alkyl halides is 1. The smallest absolute Gasteiger partial charge is 0.330 e. The molecule has 54 heavy (non-hydrogen) atoms. The van der Waals surface area contributed by atoms with Crippen LogP contribution >= 0.6 is 22.6 Å². The fourth-order valence-corrected chi connectivity index (χ4v) is 7.80. The van der Waals surface area contributed by atoms with Crippen molar-refractivity contribution in [2.75, 3.05) is 20.3 Å². The number of aliphatic hydroxyl groups is 1. The summed E-state index contributed by atoms with van der Waals surface area (Å²) in [7, 11) is 1.57. The number of hydrogen-bond acceptors (Lipinski definition) is 8. The van der Waals surface area contributed by atoms with Gasteiger partial charge in [0.25, 0.3) is 0 Å². The molecule has 6 rings (SSSR count). The number of nitrogens with zero attached hydrogens (tertiary/aromatic N) is 2. The highest BCUT2D eigenvalue weighted by Crippen LogP contribution is 2.44. The number of likely N-dealkylation sites (tertiary alicyclic amines) is 1. The Labute approximate surface area is 327 Å². The number of benzene rings is 3. The van der Waals surface area contributed by atoms with E-state index in [2.05, 4.69) is 16.0 Å². The summed E-state index contributed by atoms with van der Waals surface area (Å²) >= 11 is 2.00. The lowest BCUT2D eigenvalue weighted by molar-refractivity contribution is -0.143. The number of nitrogens with one attached hydrogen (secondary N) is 3. The van der Waals surface area contributed by atoms with Crippen molar-refractivity contribution in [2.24, 2.45) is 5.41 Å². The number of aromatic nitrogens is 1. The quantitative estimate of drug-likeness (QED) is 0.0985. The normalized spacial score (nSPS) is 21.8. The van der Waals surface area contributed by atoms with Crippen LogP contribution in [0, 0.1) is 5.41 Å². The molecule has 0 unspecified atom stereocenters. The van der Waals surface area contributed by atoms with Crippen LogP contribution in [0.4, 0.5) is 4.79 Å². The zero-order chi connectivity index (χ0) is 38.8. The predicted molar refractivity (Wildman–Crippen MR) is 210 cm³/mol. The maximum absolute atomic E-state index is 14.3. The van der Waals surface area contributed by atoms with Gasteiger partial charge in [-0.3, -0.25) is 9.59 Å². The largest absolute Gasteiger partial charge is 0.497 e. The minimum absolute atomic E-state index is 0.0416. The number of hydrogen-bond donors (Lipinski definition) is 5. The third-order valence-electron chi connectivity index (χ3n) is 9.87. The molecule has 1 aliphatic carbocycles. The van der Waals surface area contributed by atoms with Crippen molar-refractivity contribution in [3.63, 3.8) is 0 Å². The van der Waals surface area contributed by atoms with Gasteiger partial charge in [-0.15, -0.1) is 0 Å². The molecule has 6 atom stereocenters. The minimum atomic E-state index is -1.44. The fraction of sp³-hybridized carbons (Fsp3) is 0.375. The highest BCUT2D eigenvalue weighted by Gasteiger charge is 2.61. The third-order valence-corrected chi connectivity index (χ3v) is 11.4. The van der Waals surface area contributed by atoms with Gasteiger partial charge in [-0.1, -0.05) is 104 Å². The molecule has 1 saturated heterocycles. The number of carboxylic acids is 1. The molecule has 1 aromatic heterocycles. The average molecular weight is 850 g/mol. The van der Waals surface area contributed by atoms with E-state index in [-0.39, 0.29) is 29.9 Å². The molecule has 0 radical (unpaired) electrons. The van der Waals surface area contributed by atoms with E-state index in [1.165, 1.54) is 4.90 Å². The zero-order valence-electron chi connectivity index (χ0n) is 30.4. The van der Waals surface area contributed by atoms with Gasteiger partial charge in [0.05, 0.1) is 37.5 Å². The maximum Gasteiger partial charge on any atom is 0.330 e. The molecule has 1 saturated carbocycles. The first-order chi connectivity index (χ1) is 25.7. The van der Waals surface area contributed by atoms with Crippen LogP contribution in [-0.4, -0.2) is 91.8 Å². The molecule has 0 spiro atoms. The number of carbonyl (C=O) groups is 4. The van der Waals surface area contributed by atoms with Crippen molar-refractivity contribution in [1.82, 2.24) is 25.8 Å². The van der Waals surface area contributed by atoms with Gasteiger partial charge in [0.1, 0.15) is 29.7 Å². The molecule has 2 fully saturated rings. The van der Waals surface area contributed by atoms with Crippen molar-refractivity contribution in [3.05, 3.63) is 90.5 Å². The standard InChI is InChI=1S/C40H44IN5O8/c1-39(2,3)34(36(49)43-30(22-47)24-13-9-6-10-14-24)44-38(52)46-21-26(18-31(46)35(48)45-40(37(50)51)20-33(40)41)54-32-19-28(23-11-7-5-8-12-23)42-29-17-25(53-4)15-16-27(29)32/h5-17,19,26,30-31,33-34,47H,18,20-22H2,1-4H3,(H,43,49)(H,44,52)(H,45,48)(H,50,51)/t26-,30-,31+,33-,34-,40-/m1/s1. The Hall–Kier alpha value is -4.96. The van der Waals surface area contributed by atoms with Gasteiger partial charge in [-0.05, 0) is 29.5 Å². The lowest BCUT2D eigenvalue weighted by atomic mass is 9.86. The first-order valence-corrected chi connectivity index (χ1v) is 18.9. The van der Waals surface area contributed by atoms with E-state index in [4.69, 9.17) is 14.5 Å². The first kappa shape index (κ1) is 38.8. The number of aliphatic carboxylic acids is 1. The molecular weight excluding hydrogens is 805 g/mol. The third kappa shape index (κ3) is 8.23. The summed E-state index contributed by atoms with van der Waals surface area (Å²) in [6, 6.07) is 22.2. The molecule has 2 aliphatic rings. The molecule has 14 heteroatoms. The summed E-state index contributed by atoms with van der Waals surface area (Å²) < 4.78 is 11.8. The number of carboxylic acid groups (broad SMARTS) is 1. The molecular formula is C40H44IN5O8. The van der Waals surface area contributed by atoms with Crippen molar-refractivity contribution in [1.29, 1.82) is 0 Å². The topological polar surface area (TPSA) is 179 Å². The van der Waals surface area contributed by atoms with Crippen molar-refractivity contribution >= 4 is 57.3 Å². The monoisotopic (exact) mass is 849 g/mol. The molecule has 3 aromatic carbocycles. The van der Waals surface area contributed by atoms with Crippen LogP contribution in [0.25, 0.3) is 22.2 Å². The number of pyridine rings is 1. The fourth-order valence-electron chi connectivity index (χ4n) is 6.68. The van der Waals surface area contributed by atoms with Gasteiger partial charge < -0.3 is 40.5 Å². The van der Waals surface area contributed by atoms with E-state index >= 15 is 0 Å². The van der Waals surface area contributed by atoms with E-state index < -0.39 is 59.0 Å². The molecule has 4 aromatic rings. The lowest BCUT2D eigenvalue weighted by Crippen LogP contribution is -2.59. The van der Waals surface area contributed by atoms with E-state index in [0.717, 1.165) is 5.56 Å². The van der Waals surface area contributed by atoms with Crippen LogP contribution in [0.15, 0.2) is 84.9 Å².